The van der Waals surface area contributed by atoms with E-state index < -0.39 is 0 Å². The second kappa shape index (κ2) is 6.28. The molecule has 98 valence electrons. The lowest BCUT2D eigenvalue weighted by molar-refractivity contribution is -0.131. The topological polar surface area (TPSA) is 55.6 Å². The third-order valence-electron chi connectivity index (χ3n) is 3.16. The van der Waals surface area contributed by atoms with E-state index in [1.165, 1.54) is 0 Å². The van der Waals surface area contributed by atoms with Crippen molar-refractivity contribution in [2.24, 2.45) is 0 Å². The molecule has 1 amide bonds. The van der Waals surface area contributed by atoms with E-state index in [1.54, 1.807) is 6.07 Å². The quantitative estimate of drug-likeness (QED) is 0.830. The van der Waals surface area contributed by atoms with Gasteiger partial charge in [0.2, 0.25) is 5.91 Å². The molecule has 0 aromatic heterocycles. The highest BCUT2D eigenvalue weighted by atomic mass is 16.5. The number of nitrogen functional groups attached to an aromatic ring is 1. The van der Waals surface area contributed by atoms with Gasteiger partial charge >= 0.3 is 0 Å². The zero-order chi connectivity index (χ0) is 12.8. The Morgan fingerprint density at radius 2 is 2.17 bits per heavy atom. The summed E-state index contributed by atoms with van der Waals surface area (Å²) in [6.45, 7) is 2.04. The average molecular weight is 248 g/mol. The number of carbonyl (C=O) groups is 1. The fraction of sp³-hybridized carbons (Fsp3) is 0.500. The van der Waals surface area contributed by atoms with Crippen LogP contribution in [0.15, 0.2) is 24.3 Å². The molecule has 0 bridgehead atoms. The number of ether oxygens (including phenoxy) is 1. The number of nitrogens with two attached hydrogens (primary N) is 1. The van der Waals surface area contributed by atoms with E-state index in [2.05, 4.69) is 0 Å². The fourth-order valence-corrected chi connectivity index (χ4v) is 2.15. The molecular weight excluding hydrogens is 228 g/mol. The Labute approximate surface area is 108 Å². The van der Waals surface area contributed by atoms with Gasteiger partial charge in [-0.3, -0.25) is 4.79 Å². The molecular formula is C14H20N2O2. The summed E-state index contributed by atoms with van der Waals surface area (Å²) < 4.78 is 5.60. The second-order valence-corrected chi connectivity index (χ2v) is 4.61. The van der Waals surface area contributed by atoms with Gasteiger partial charge in [0.15, 0.2) is 0 Å². The first-order chi connectivity index (χ1) is 8.75. The molecule has 1 aliphatic rings. The molecule has 1 saturated heterocycles. The minimum atomic E-state index is 0.253. The van der Waals surface area contributed by atoms with Crippen LogP contribution in [0.5, 0.6) is 5.75 Å². The maximum absolute atomic E-state index is 11.8. The number of amides is 1. The van der Waals surface area contributed by atoms with Crippen LogP contribution in [-0.2, 0) is 4.79 Å². The van der Waals surface area contributed by atoms with E-state index in [9.17, 15) is 4.79 Å². The van der Waals surface area contributed by atoms with Crippen LogP contribution in [0.2, 0.25) is 0 Å². The molecule has 0 atom stereocenters. The molecule has 2 N–H and O–H groups in total. The van der Waals surface area contributed by atoms with Crippen molar-refractivity contribution >= 4 is 11.6 Å². The van der Waals surface area contributed by atoms with E-state index in [4.69, 9.17) is 10.5 Å². The lowest BCUT2D eigenvalue weighted by Crippen LogP contribution is -2.34. The number of rotatable bonds is 4. The molecule has 4 heteroatoms. The van der Waals surface area contributed by atoms with Crippen molar-refractivity contribution in [1.82, 2.24) is 4.90 Å². The van der Waals surface area contributed by atoms with Crippen LogP contribution in [0.4, 0.5) is 5.69 Å². The van der Waals surface area contributed by atoms with Crippen molar-refractivity contribution in [3.63, 3.8) is 0 Å². The Morgan fingerprint density at radius 3 is 3.00 bits per heavy atom. The Hall–Kier alpha value is -1.71. The van der Waals surface area contributed by atoms with Crippen molar-refractivity contribution in [3.05, 3.63) is 24.3 Å². The zero-order valence-corrected chi connectivity index (χ0v) is 10.6. The first-order valence-electron chi connectivity index (χ1n) is 6.52. The predicted octanol–water partition coefficient (Wildman–Crippen LogP) is 2.05. The van der Waals surface area contributed by atoms with Crippen LogP contribution in [0.1, 0.15) is 25.7 Å². The van der Waals surface area contributed by atoms with Crippen molar-refractivity contribution in [2.45, 2.75) is 25.7 Å². The maximum atomic E-state index is 11.8. The average Bonchev–Trinajstić information content (AvgIpc) is 2.55. The third-order valence-corrected chi connectivity index (χ3v) is 3.16. The summed E-state index contributed by atoms with van der Waals surface area (Å²) in [5, 5.41) is 0. The summed E-state index contributed by atoms with van der Waals surface area (Å²) in [6.07, 6.45) is 3.95. The number of nitrogens with zero attached hydrogens (tertiary/aromatic N) is 1. The molecule has 0 aliphatic carbocycles. The Kier molecular flexibility index (Phi) is 4.45. The number of hydrogen-bond donors (Lipinski definition) is 1. The number of hydrogen-bond acceptors (Lipinski definition) is 3. The van der Waals surface area contributed by atoms with E-state index in [0.717, 1.165) is 31.6 Å². The first kappa shape index (κ1) is 12.7. The third kappa shape index (κ3) is 3.65. The number of benzene rings is 1. The summed E-state index contributed by atoms with van der Waals surface area (Å²) in [5.41, 5.74) is 6.36. The van der Waals surface area contributed by atoms with Crippen LogP contribution < -0.4 is 10.5 Å². The van der Waals surface area contributed by atoms with E-state index >= 15 is 0 Å². The maximum Gasteiger partial charge on any atom is 0.222 e. The number of anilines is 1. The van der Waals surface area contributed by atoms with E-state index in [0.29, 0.717) is 25.3 Å². The van der Waals surface area contributed by atoms with Crippen molar-refractivity contribution < 1.29 is 9.53 Å². The molecule has 0 spiro atoms. The van der Waals surface area contributed by atoms with Gasteiger partial charge in [-0.1, -0.05) is 12.5 Å². The summed E-state index contributed by atoms with van der Waals surface area (Å²) in [7, 11) is 0. The molecule has 2 rings (SSSR count). The summed E-state index contributed by atoms with van der Waals surface area (Å²) in [5.74, 6) is 1.01. The molecule has 0 radical (unpaired) electrons. The summed E-state index contributed by atoms with van der Waals surface area (Å²) in [6, 6.07) is 7.36. The highest BCUT2D eigenvalue weighted by Crippen LogP contribution is 2.15. The second-order valence-electron chi connectivity index (χ2n) is 4.61. The van der Waals surface area contributed by atoms with Crippen LogP contribution in [0.25, 0.3) is 0 Å². The lowest BCUT2D eigenvalue weighted by Gasteiger charge is -2.20. The smallest absolute Gasteiger partial charge is 0.222 e. The fourth-order valence-electron chi connectivity index (χ4n) is 2.15. The monoisotopic (exact) mass is 248 g/mol. The van der Waals surface area contributed by atoms with Gasteiger partial charge in [-0.25, -0.2) is 0 Å². The van der Waals surface area contributed by atoms with Crippen LogP contribution >= 0.6 is 0 Å². The predicted molar refractivity (Wildman–Crippen MR) is 71.4 cm³/mol. The Balaban J connectivity index is 1.79. The largest absolute Gasteiger partial charge is 0.492 e. The van der Waals surface area contributed by atoms with Gasteiger partial charge in [0.05, 0.1) is 6.54 Å². The van der Waals surface area contributed by atoms with Gasteiger partial charge < -0.3 is 15.4 Å². The standard InChI is InChI=1S/C14H20N2O2/c15-12-5-4-6-13(11-12)18-10-9-16-8-3-1-2-7-14(16)17/h4-6,11H,1-3,7-10,15H2. The molecule has 1 aromatic rings. The molecule has 0 saturated carbocycles. The zero-order valence-electron chi connectivity index (χ0n) is 10.6. The van der Waals surface area contributed by atoms with Gasteiger partial charge in [-0.15, -0.1) is 0 Å². The molecule has 1 heterocycles. The molecule has 1 fully saturated rings. The minimum Gasteiger partial charge on any atom is -0.492 e. The molecule has 0 unspecified atom stereocenters. The lowest BCUT2D eigenvalue weighted by atomic mass is 10.2. The van der Waals surface area contributed by atoms with Crippen LogP contribution in [-0.4, -0.2) is 30.5 Å². The normalized spacial score (nSPS) is 16.4. The summed E-state index contributed by atoms with van der Waals surface area (Å²) in [4.78, 5) is 13.7. The van der Waals surface area contributed by atoms with Crippen LogP contribution in [0, 0.1) is 0 Å². The van der Waals surface area contributed by atoms with Crippen molar-refractivity contribution in [1.29, 1.82) is 0 Å². The first-order valence-corrected chi connectivity index (χ1v) is 6.52. The molecule has 18 heavy (non-hydrogen) atoms. The van der Waals surface area contributed by atoms with Crippen LogP contribution in [0.3, 0.4) is 0 Å². The number of carbonyl (C=O) groups excluding carboxylic acids is 1. The summed E-state index contributed by atoms with van der Waals surface area (Å²) >= 11 is 0. The van der Waals surface area contributed by atoms with E-state index in [1.807, 2.05) is 23.1 Å². The van der Waals surface area contributed by atoms with Gasteiger partial charge in [0, 0.05) is 24.7 Å². The number of likely N-dealkylation sites (tertiary alicyclic amines) is 1. The molecule has 1 aromatic carbocycles. The van der Waals surface area contributed by atoms with Crippen molar-refractivity contribution in [2.75, 3.05) is 25.4 Å². The Morgan fingerprint density at radius 1 is 1.28 bits per heavy atom. The van der Waals surface area contributed by atoms with Gasteiger partial charge in [-0.2, -0.15) is 0 Å². The van der Waals surface area contributed by atoms with Gasteiger partial charge in [0.1, 0.15) is 12.4 Å². The molecule has 4 nitrogen and oxygen atoms in total. The molecule has 1 aliphatic heterocycles. The highest BCUT2D eigenvalue weighted by molar-refractivity contribution is 5.76. The van der Waals surface area contributed by atoms with E-state index in [-0.39, 0.29) is 5.91 Å². The Bertz CT molecular complexity index is 407. The van der Waals surface area contributed by atoms with Gasteiger partial charge in [0.25, 0.3) is 0 Å². The van der Waals surface area contributed by atoms with Gasteiger partial charge in [-0.05, 0) is 25.0 Å². The minimum absolute atomic E-state index is 0.253. The SMILES string of the molecule is Nc1cccc(OCCN2CCCCCC2=O)c1. The van der Waals surface area contributed by atoms with Crippen molar-refractivity contribution in [3.8, 4) is 5.75 Å². The highest BCUT2D eigenvalue weighted by Gasteiger charge is 2.15.